The number of carboxylic acid groups (broad SMARTS) is 1. The molecule has 3 aromatic rings. The highest BCUT2D eigenvalue weighted by Gasteiger charge is 2.34. The number of hydrogen-bond acceptors (Lipinski definition) is 4. The van der Waals surface area contributed by atoms with Crippen molar-refractivity contribution in [2.24, 2.45) is 7.05 Å². The van der Waals surface area contributed by atoms with E-state index in [-0.39, 0.29) is 31.3 Å². The number of rotatable bonds is 3. The van der Waals surface area contributed by atoms with Gasteiger partial charge in [0.1, 0.15) is 6.61 Å². The van der Waals surface area contributed by atoms with Gasteiger partial charge in [0.15, 0.2) is 5.69 Å². The van der Waals surface area contributed by atoms with E-state index < -0.39 is 12.1 Å². The third-order valence-electron chi connectivity index (χ3n) is 5.71. The summed E-state index contributed by atoms with van der Waals surface area (Å²) in [5.41, 5.74) is 5.96. The second kappa shape index (κ2) is 6.48. The Morgan fingerprint density at radius 3 is 2.31 bits per heavy atom. The summed E-state index contributed by atoms with van der Waals surface area (Å²) < 4.78 is 7.01. The zero-order valence-electron chi connectivity index (χ0n) is 15.8. The number of ether oxygens (including phenoxy) is 1. The Morgan fingerprint density at radius 2 is 1.69 bits per heavy atom. The summed E-state index contributed by atoms with van der Waals surface area (Å²) in [6, 6.07) is 16.3. The first-order chi connectivity index (χ1) is 14.0. The Labute approximate surface area is 167 Å². The highest BCUT2D eigenvalue weighted by Crippen LogP contribution is 2.44. The number of carboxylic acids is 1. The van der Waals surface area contributed by atoms with Gasteiger partial charge in [0.25, 0.3) is 0 Å². The van der Waals surface area contributed by atoms with E-state index in [9.17, 15) is 14.7 Å². The van der Waals surface area contributed by atoms with Gasteiger partial charge in [0.2, 0.25) is 0 Å². The third kappa shape index (κ3) is 2.69. The quantitative estimate of drug-likeness (QED) is 0.742. The molecule has 1 aliphatic heterocycles. The van der Waals surface area contributed by atoms with Crippen LogP contribution in [0.15, 0.2) is 48.5 Å². The van der Waals surface area contributed by atoms with Crippen molar-refractivity contribution in [1.29, 1.82) is 0 Å². The average molecular weight is 389 g/mol. The summed E-state index contributed by atoms with van der Waals surface area (Å²) in [4.78, 5) is 25.6. The Hall–Kier alpha value is -3.61. The van der Waals surface area contributed by atoms with E-state index in [0.717, 1.165) is 11.1 Å². The van der Waals surface area contributed by atoms with Crippen molar-refractivity contribution >= 4 is 12.1 Å². The molecule has 0 spiro atoms. The van der Waals surface area contributed by atoms with E-state index in [1.807, 2.05) is 24.3 Å². The molecule has 1 N–H and O–H groups in total. The maximum atomic E-state index is 12.7. The van der Waals surface area contributed by atoms with Crippen LogP contribution in [0, 0.1) is 0 Å². The molecule has 146 valence electrons. The lowest BCUT2D eigenvalue weighted by molar-refractivity contribution is 0.0679. The van der Waals surface area contributed by atoms with Gasteiger partial charge >= 0.3 is 12.1 Å². The fraction of sp³-hybridized carbons (Fsp3) is 0.227. The molecular weight excluding hydrogens is 370 g/mol. The van der Waals surface area contributed by atoms with Crippen LogP contribution in [0.5, 0.6) is 0 Å². The van der Waals surface area contributed by atoms with Crippen LogP contribution in [0.4, 0.5) is 4.79 Å². The van der Waals surface area contributed by atoms with Crippen LogP contribution in [0.2, 0.25) is 0 Å². The van der Waals surface area contributed by atoms with Gasteiger partial charge in [0.05, 0.1) is 18.8 Å². The molecule has 7 heteroatoms. The van der Waals surface area contributed by atoms with Crippen LogP contribution < -0.4 is 0 Å². The van der Waals surface area contributed by atoms with E-state index in [4.69, 9.17) is 4.74 Å². The molecule has 0 bridgehead atoms. The van der Waals surface area contributed by atoms with E-state index in [1.54, 1.807) is 7.05 Å². The van der Waals surface area contributed by atoms with Crippen LogP contribution in [0.25, 0.3) is 11.1 Å². The Morgan fingerprint density at radius 1 is 1.07 bits per heavy atom. The van der Waals surface area contributed by atoms with Gasteiger partial charge in [-0.2, -0.15) is 5.10 Å². The van der Waals surface area contributed by atoms with Gasteiger partial charge in [0, 0.05) is 18.5 Å². The minimum absolute atomic E-state index is 0.00859. The SMILES string of the molecule is Cn1nc2c(c1C(=O)O)CN(C(=O)OCC1c3ccccc3-c3ccccc31)C2. The number of hydrogen-bond donors (Lipinski definition) is 1. The monoisotopic (exact) mass is 389 g/mol. The minimum Gasteiger partial charge on any atom is -0.477 e. The molecule has 0 unspecified atom stereocenters. The molecule has 1 aliphatic carbocycles. The molecule has 2 aliphatic rings. The summed E-state index contributed by atoms with van der Waals surface area (Å²) in [7, 11) is 1.60. The lowest BCUT2D eigenvalue weighted by atomic mass is 9.98. The second-order valence-electron chi connectivity index (χ2n) is 7.36. The standard InChI is InChI=1S/C22H19N3O4/c1-24-20(21(26)27)17-10-25(11-19(17)23-24)22(28)29-12-18-15-8-4-2-6-13(15)14-7-3-5-9-16(14)18/h2-9,18H,10-12H2,1H3,(H,26,27). The minimum atomic E-state index is -1.05. The molecule has 0 radical (unpaired) electrons. The fourth-order valence-electron chi connectivity index (χ4n) is 4.43. The van der Waals surface area contributed by atoms with Crippen LogP contribution in [0.3, 0.4) is 0 Å². The van der Waals surface area contributed by atoms with E-state index in [2.05, 4.69) is 29.4 Å². The molecule has 29 heavy (non-hydrogen) atoms. The first kappa shape index (κ1) is 17.5. The summed E-state index contributed by atoms with van der Waals surface area (Å²) in [5, 5.41) is 13.6. The summed E-state index contributed by atoms with van der Waals surface area (Å²) in [6.45, 7) is 0.690. The topological polar surface area (TPSA) is 84.7 Å². The predicted molar refractivity (Wildman–Crippen MR) is 104 cm³/mol. The largest absolute Gasteiger partial charge is 0.477 e. The normalized spacial score (nSPS) is 14.4. The number of aryl methyl sites for hydroxylation is 1. The Kier molecular flexibility index (Phi) is 3.91. The van der Waals surface area contributed by atoms with Crippen LogP contribution in [-0.2, 0) is 24.9 Å². The molecule has 2 heterocycles. The first-order valence-corrected chi connectivity index (χ1v) is 9.42. The zero-order valence-corrected chi connectivity index (χ0v) is 15.8. The van der Waals surface area contributed by atoms with Gasteiger partial charge in [-0.1, -0.05) is 48.5 Å². The molecule has 1 aromatic heterocycles. The summed E-state index contributed by atoms with van der Waals surface area (Å²) in [6.07, 6.45) is -0.455. The summed E-state index contributed by atoms with van der Waals surface area (Å²) in [5.74, 6) is -1.05. The van der Waals surface area contributed by atoms with Crippen LogP contribution in [0.1, 0.15) is 38.8 Å². The van der Waals surface area contributed by atoms with Gasteiger partial charge in [-0.05, 0) is 22.3 Å². The number of carbonyl (C=O) groups is 2. The molecule has 2 aromatic carbocycles. The number of aromatic nitrogens is 2. The molecular formula is C22H19N3O4. The average Bonchev–Trinajstić information content (AvgIpc) is 3.34. The molecule has 0 saturated carbocycles. The number of fused-ring (bicyclic) bond motifs is 4. The molecule has 0 atom stereocenters. The number of aromatic carboxylic acids is 1. The van der Waals surface area contributed by atoms with Crippen molar-refractivity contribution < 1.29 is 19.4 Å². The van der Waals surface area contributed by atoms with Crippen molar-refractivity contribution in [2.75, 3.05) is 6.61 Å². The van der Waals surface area contributed by atoms with Gasteiger partial charge in [-0.25, -0.2) is 9.59 Å². The highest BCUT2D eigenvalue weighted by molar-refractivity contribution is 5.88. The van der Waals surface area contributed by atoms with Gasteiger partial charge < -0.3 is 9.84 Å². The predicted octanol–water partition coefficient (Wildman–Crippen LogP) is 3.38. The third-order valence-corrected chi connectivity index (χ3v) is 5.71. The van der Waals surface area contributed by atoms with Gasteiger partial charge in [-0.3, -0.25) is 9.58 Å². The fourth-order valence-corrected chi connectivity index (χ4v) is 4.43. The number of nitrogens with zero attached hydrogens (tertiary/aromatic N) is 3. The zero-order chi connectivity index (χ0) is 20.1. The highest BCUT2D eigenvalue weighted by atomic mass is 16.6. The van der Waals surface area contributed by atoms with Crippen molar-refractivity contribution in [1.82, 2.24) is 14.7 Å². The van der Waals surface area contributed by atoms with Crippen molar-refractivity contribution in [3.8, 4) is 11.1 Å². The van der Waals surface area contributed by atoms with E-state index in [1.165, 1.54) is 20.7 Å². The number of benzene rings is 2. The molecule has 5 rings (SSSR count). The van der Waals surface area contributed by atoms with Crippen molar-refractivity contribution in [3.05, 3.63) is 76.6 Å². The number of carbonyl (C=O) groups excluding carboxylic acids is 1. The van der Waals surface area contributed by atoms with Crippen LogP contribution in [-0.4, -0.2) is 38.5 Å². The van der Waals surface area contributed by atoms with E-state index >= 15 is 0 Å². The van der Waals surface area contributed by atoms with E-state index in [0.29, 0.717) is 11.3 Å². The van der Waals surface area contributed by atoms with Gasteiger partial charge in [-0.15, -0.1) is 0 Å². The Balaban J connectivity index is 1.33. The maximum absolute atomic E-state index is 12.7. The lowest BCUT2D eigenvalue weighted by Gasteiger charge is -2.19. The lowest BCUT2D eigenvalue weighted by Crippen LogP contribution is -2.28. The van der Waals surface area contributed by atoms with Crippen molar-refractivity contribution in [3.63, 3.8) is 0 Å². The Bertz CT molecular complexity index is 1110. The number of amides is 1. The molecule has 7 nitrogen and oxygen atoms in total. The smallest absolute Gasteiger partial charge is 0.410 e. The first-order valence-electron chi connectivity index (χ1n) is 9.42. The molecule has 0 fully saturated rings. The van der Waals surface area contributed by atoms with Crippen molar-refractivity contribution in [2.45, 2.75) is 19.0 Å². The molecule has 1 amide bonds. The summed E-state index contributed by atoms with van der Waals surface area (Å²) >= 11 is 0. The second-order valence-corrected chi connectivity index (χ2v) is 7.36. The molecule has 0 saturated heterocycles. The maximum Gasteiger partial charge on any atom is 0.410 e. The van der Waals surface area contributed by atoms with Crippen LogP contribution >= 0.6 is 0 Å².